The lowest BCUT2D eigenvalue weighted by atomic mass is 10.0. The fraction of sp³-hybridized carbons (Fsp3) is 0.588. The summed E-state index contributed by atoms with van der Waals surface area (Å²) >= 11 is 3.80. The van der Waals surface area contributed by atoms with Gasteiger partial charge in [-0.1, -0.05) is 61.0 Å². The number of fused-ring (bicyclic) bond motifs is 1. The van der Waals surface area contributed by atoms with Gasteiger partial charge >= 0.3 is 5.69 Å². The predicted octanol–water partition coefficient (Wildman–Crippen LogP) is 4.67. The fourth-order valence-electron chi connectivity index (χ4n) is 2.81. The molecule has 1 aromatic carbocycles. The standard InChI is InChI=1S/C17H25BrN2O/c1-4-5-6-7-8-9-14(18)13-10-11-15-16(12-13)20(3)17(21)19(15)2/h10-12,14H,4-9H2,1-3H3. The third kappa shape index (κ3) is 3.60. The van der Waals surface area contributed by atoms with Crippen molar-refractivity contribution in [2.75, 3.05) is 0 Å². The molecule has 0 amide bonds. The molecule has 1 atom stereocenters. The van der Waals surface area contributed by atoms with Crippen LogP contribution in [0.2, 0.25) is 0 Å². The van der Waals surface area contributed by atoms with E-state index in [9.17, 15) is 4.79 Å². The van der Waals surface area contributed by atoms with Gasteiger partial charge in [-0.05, 0) is 24.1 Å². The minimum Gasteiger partial charge on any atom is -0.295 e. The van der Waals surface area contributed by atoms with Crippen LogP contribution in [0.4, 0.5) is 0 Å². The molecule has 3 nitrogen and oxygen atoms in total. The molecule has 0 aliphatic heterocycles. The Hall–Kier alpha value is -1.03. The van der Waals surface area contributed by atoms with Gasteiger partial charge in [0.1, 0.15) is 0 Å². The molecule has 0 bridgehead atoms. The molecular weight excluding hydrogens is 328 g/mol. The van der Waals surface area contributed by atoms with Crippen molar-refractivity contribution in [1.82, 2.24) is 9.13 Å². The van der Waals surface area contributed by atoms with E-state index in [0.717, 1.165) is 17.5 Å². The number of aryl methyl sites for hydroxylation is 2. The van der Waals surface area contributed by atoms with Gasteiger partial charge in [0.15, 0.2) is 0 Å². The zero-order valence-corrected chi connectivity index (χ0v) is 14.8. The largest absolute Gasteiger partial charge is 0.328 e. The molecule has 0 fully saturated rings. The van der Waals surface area contributed by atoms with Crippen LogP contribution in [0.15, 0.2) is 23.0 Å². The highest BCUT2D eigenvalue weighted by atomic mass is 79.9. The van der Waals surface area contributed by atoms with E-state index in [2.05, 4.69) is 41.1 Å². The third-order valence-corrected chi connectivity index (χ3v) is 5.21. The molecule has 2 rings (SSSR count). The third-order valence-electron chi connectivity index (χ3n) is 4.22. The predicted molar refractivity (Wildman–Crippen MR) is 93.2 cm³/mol. The number of imidazole rings is 1. The van der Waals surface area contributed by atoms with E-state index < -0.39 is 0 Å². The van der Waals surface area contributed by atoms with Gasteiger partial charge in [0.25, 0.3) is 0 Å². The molecule has 0 aliphatic rings. The quantitative estimate of drug-likeness (QED) is 0.525. The van der Waals surface area contributed by atoms with Crippen molar-refractivity contribution < 1.29 is 0 Å². The van der Waals surface area contributed by atoms with Crippen molar-refractivity contribution in [1.29, 1.82) is 0 Å². The molecule has 0 saturated heterocycles. The fourth-order valence-corrected chi connectivity index (χ4v) is 3.42. The topological polar surface area (TPSA) is 26.9 Å². The van der Waals surface area contributed by atoms with Gasteiger partial charge in [0.05, 0.1) is 11.0 Å². The molecule has 1 unspecified atom stereocenters. The van der Waals surface area contributed by atoms with E-state index in [1.807, 2.05) is 14.1 Å². The smallest absolute Gasteiger partial charge is 0.295 e. The van der Waals surface area contributed by atoms with Gasteiger partial charge in [0, 0.05) is 18.9 Å². The lowest BCUT2D eigenvalue weighted by Crippen LogP contribution is -2.19. The first kappa shape index (κ1) is 16.3. The summed E-state index contributed by atoms with van der Waals surface area (Å²) < 4.78 is 3.42. The van der Waals surface area contributed by atoms with Crippen molar-refractivity contribution in [2.45, 2.75) is 50.3 Å². The van der Waals surface area contributed by atoms with Crippen LogP contribution < -0.4 is 5.69 Å². The number of aromatic nitrogens is 2. The molecule has 1 heterocycles. The molecule has 2 aromatic rings. The second-order valence-corrected chi connectivity index (χ2v) is 6.92. The van der Waals surface area contributed by atoms with Gasteiger partial charge in [0.2, 0.25) is 0 Å². The molecule has 4 heteroatoms. The summed E-state index contributed by atoms with van der Waals surface area (Å²) in [6.45, 7) is 2.24. The van der Waals surface area contributed by atoms with Crippen molar-refractivity contribution in [3.63, 3.8) is 0 Å². The highest BCUT2D eigenvalue weighted by Crippen LogP contribution is 2.30. The van der Waals surface area contributed by atoms with Crippen LogP contribution in [0.1, 0.15) is 55.8 Å². The Kier molecular flexibility index (Phi) is 5.68. The Balaban J connectivity index is 2.08. The van der Waals surface area contributed by atoms with Crippen LogP contribution >= 0.6 is 15.9 Å². The summed E-state index contributed by atoms with van der Waals surface area (Å²) in [7, 11) is 3.66. The van der Waals surface area contributed by atoms with Gasteiger partial charge in [-0.25, -0.2) is 4.79 Å². The number of alkyl halides is 1. The highest BCUT2D eigenvalue weighted by Gasteiger charge is 2.12. The van der Waals surface area contributed by atoms with Gasteiger partial charge in [-0.3, -0.25) is 9.13 Å². The first-order valence-electron chi connectivity index (χ1n) is 7.85. The number of hydrogen-bond donors (Lipinski definition) is 0. The van der Waals surface area contributed by atoms with Crippen LogP contribution in [-0.4, -0.2) is 9.13 Å². The van der Waals surface area contributed by atoms with E-state index in [4.69, 9.17) is 0 Å². The van der Waals surface area contributed by atoms with Crippen LogP contribution in [0.3, 0.4) is 0 Å². The van der Waals surface area contributed by atoms with E-state index >= 15 is 0 Å². The van der Waals surface area contributed by atoms with Gasteiger partial charge < -0.3 is 0 Å². The van der Waals surface area contributed by atoms with Gasteiger partial charge in [-0.2, -0.15) is 0 Å². The van der Waals surface area contributed by atoms with E-state index in [1.165, 1.54) is 37.7 Å². The Morgan fingerprint density at radius 3 is 2.43 bits per heavy atom. The zero-order chi connectivity index (χ0) is 15.4. The first-order chi connectivity index (χ1) is 10.1. The number of rotatable bonds is 7. The maximum Gasteiger partial charge on any atom is 0.328 e. The van der Waals surface area contributed by atoms with Crippen LogP contribution in [0, 0.1) is 0 Å². The molecule has 116 valence electrons. The van der Waals surface area contributed by atoms with Crippen LogP contribution in [0.5, 0.6) is 0 Å². The Labute approximate surface area is 135 Å². The van der Waals surface area contributed by atoms with E-state index in [1.54, 1.807) is 9.13 Å². The lowest BCUT2D eigenvalue weighted by Gasteiger charge is -2.10. The molecule has 21 heavy (non-hydrogen) atoms. The summed E-state index contributed by atoms with van der Waals surface area (Å²) in [6, 6.07) is 6.33. The second kappa shape index (κ2) is 7.30. The van der Waals surface area contributed by atoms with Crippen LogP contribution in [-0.2, 0) is 14.1 Å². The lowest BCUT2D eigenvalue weighted by molar-refractivity contribution is 0.606. The molecule has 0 spiro atoms. The average molecular weight is 353 g/mol. The highest BCUT2D eigenvalue weighted by molar-refractivity contribution is 9.09. The molecule has 0 radical (unpaired) electrons. The summed E-state index contributed by atoms with van der Waals surface area (Å²) in [5.41, 5.74) is 3.30. The molecular formula is C17H25BrN2O. The van der Waals surface area contributed by atoms with Crippen LogP contribution in [0.25, 0.3) is 11.0 Å². The molecule has 1 aromatic heterocycles. The number of unbranched alkanes of at least 4 members (excludes halogenated alkanes) is 4. The normalized spacial score (nSPS) is 13.0. The Morgan fingerprint density at radius 2 is 1.71 bits per heavy atom. The average Bonchev–Trinajstić information content (AvgIpc) is 2.71. The molecule has 0 saturated carbocycles. The zero-order valence-electron chi connectivity index (χ0n) is 13.2. The molecule has 0 N–H and O–H groups in total. The number of benzene rings is 1. The number of hydrogen-bond acceptors (Lipinski definition) is 1. The minimum atomic E-state index is 0.0350. The second-order valence-electron chi connectivity index (χ2n) is 5.82. The van der Waals surface area contributed by atoms with Gasteiger partial charge in [-0.15, -0.1) is 0 Å². The summed E-state index contributed by atoms with van der Waals surface area (Å²) in [5, 5.41) is 0. The van der Waals surface area contributed by atoms with Crippen molar-refractivity contribution in [3.05, 3.63) is 34.2 Å². The summed E-state index contributed by atoms with van der Waals surface area (Å²) in [5.74, 6) is 0. The minimum absolute atomic E-state index is 0.0350. The Bertz CT molecular complexity index is 657. The first-order valence-corrected chi connectivity index (χ1v) is 8.77. The van der Waals surface area contributed by atoms with E-state index in [0.29, 0.717) is 4.83 Å². The Morgan fingerprint density at radius 1 is 1.05 bits per heavy atom. The number of halogens is 1. The monoisotopic (exact) mass is 352 g/mol. The maximum atomic E-state index is 12.0. The summed E-state index contributed by atoms with van der Waals surface area (Å²) in [6.07, 6.45) is 7.67. The van der Waals surface area contributed by atoms with Crippen molar-refractivity contribution in [3.8, 4) is 0 Å². The number of nitrogens with zero attached hydrogens (tertiary/aromatic N) is 2. The van der Waals surface area contributed by atoms with E-state index in [-0.39, 0.29) is 5.69 Å². The molecule has 0 aliphatic carbocycles. The summed E-state index contributed by atoms with van der Waals surface area (Å²) in [4.78, 5) is 12.3. The maximum absolute atomic E-state index is 12.0. The van der Waals surface area contributed by atoms with Crippen molar-refractivity contribution >= 4 is 27.0 Å². The SMILES string of the molecule is CCCCCCCC(Br)c1ccc2c(c1)n(C)c(=O)n2C. The van der Waals surface area contributed by atoms with Crippen molar-refractivity contribution in [2.24, 2.45) is 14.1 Å².